The average molecular weight is 353 g/mol. The van der Waals surface area contributed by atoms with E-state index < -0.39 is 15.8 Å². The van der Waals surface area contributed by atoms with Crippen LogP contribution in [0.4, 0.5) is 4.39 Å². The molecule has 0 aromatic heterocycles. The minimum Gasteiger partial charge on any atom is -0.492 e. The van der Waals surface area contributed by atoms with Crippen molar-refractivity contribution in [2.75, 3.05) is 13.2 Å². The van der Waals surface area contributed by atoms with E-state index in [1.165, 1.54) is 12.1 Å². The van der Waals surface area contributed by atoms with Crippen molar-refractivity contribution in [3.63, 3.8) is 0 Å². The number of hydrogen-bond acceptors (Lipinski definition) is 4. The maximum atomic E-state index is 12.9. The Labute approximate surface area is 140 Å². The average Bonchev–Trinajstić information content (AvgIpc) is 2.54. The molecule has 3 rings (SSSR count). The Hall–Kier alpha value is -1.57. The fourth-order valence-corrected chi connectivity index (χ4v) is 3.96. The van der Waals surface area contributed by atoms with Gasteiger partial charge in [0.05, 0.1) is 11.5 Å². The minimum atomic E-state index is -3.67. The van der Waals surface area contributed by atoms with Gasteiger partial charge in [-0.2, -0.15) is 0 Å². The van der Waals surface area contributed by atoms with Gasteiger partial charge in [-0.05, 0) is 42.3 Å². The summed E-state index contributed by atoms with van der Waals surface area (Å²) >= 11 is 4.37. The van der Waals surface area contributed by atoms with Crippen molar-refractivity contribution < 1.29 is 17.5 Å². The van der Waals surface area contributed by atoms with Gasteiger partial charge in [-0.1, -0.05) is 12.1 Å². The zero-order chi connectivity index (χ0) is 16.4. The van der Waals surface area contributed by atoms with Crippen molar-refractivity contribution in [3.05, 3.63) is 53.8 Å². The summed E-state index contributed by atoms with van der Waals surface area (Å²) in [4.78, 5) is 0.794. The highest BCUT2D eigenvalue weighted by atomic mass is 32.2. The Morgan fingerprint density at radius 1 is 1.22 bits per heavy atom. The Balaban J connectivity index is 1.77. The molecular weight excluding hydrogens is 337 g/mol. The third-order valence-corrected chi connectivity index (χ3v) is 5.61. The predicted molar refractivity (Wildman–Crippen MR) is 88.1 cm³/mol. The van der Waals surface area contributed by atoms with Crippen LogP contribution in [0.2, 0.25) is 0 Å². The molecule has 1 N–H and O–H groups in total. The highest BCUT2D eigenvalue weighted by molar-refractivity contribution is 7.89. The van der Waals surface area contributed by atoms with Crippen molar-refractivity contribution in [2.45, 2.75) is 22.1 Å². The second-order valence-corrected chi connectivity index (χ2v) is 7.58. The first-order chi connectivity index (χ1) is 11.0. The first-order valence-electron chi connectivity index (χ1n) is 7.17. The fourth-order valence-electron chi connectivity index (χ4n) is 2.60. The number of thiol groups is 1. The molecule has 2 aromatic carbocycles. The lowest BCUT2D eigenvalue weighted by Gasteiger charge is -2.27. The molecule has 0 bridgehead atoms. The Morgan fingerprint density at radius 2 is 1.96 bits per heavy atom. The first-order valence-corrected chi connectivity index (χ1v) is 9.10. The van der Waals surface area contributed by atoms with Gasteiger partial charge in [-0.15, -0.1) is 12.6 Å². The quantitative estimate of drug-likeness (QED) is 0.831. The van der Waals surface area contributed by atoms with E-state index in [-0.39, 0.29) is 17.4 Å². The standard InChI is InChI=1S/C16H16FNO3S2/c17-12-4-6-13(7-5-12)23(19,20)18-10-11-8-9-21-16-14(11)2-1-3-15(16)22/h1-7,11,18,22H,8-10H2. The molecule has 2 aromatic rings. The molecule has 122 valence electrons. The monoisotopic (exact) mass is 353 g/mol. The number of nitrogens with one attached hydrogen (secondary N) is 1. The van der Waals surface area contributed by atoms with E-state index in [1.807, 2.05) is 18.2 Å². The van der Waals surface area contributed by atoms with Crippen molar-refractivity contribution >= 4 is 22.7 Å². The smallest absolute Gasteiger partial charge is 0.240 e. The van der Waals surface area contributed by atoms with E-state index in [1.54, 1.807) is 0 Å². The lowest BCUT2D eigenvalue weighted by atomic mass is 9.93. The second kappa shape index (κ2) is 6.51. The summed E-state index contributed by atoms with van der Waals surface area (Å²) in [6.07, 6.45) is 0.718. The van der Waals surface area contributed by atoms with Crippen molar-refractivity contribution in [1.82, 2.24) is 4.72 Å². The van der Waals surface area contributed by atoms with Gasteiger partial charge in [0.15, 0.2) is 0 Å². The van der Waals surface area contributed by atoms with E-state index in [4.69, 9.17) is 4.74 Å². The van der Waals surface area contributed by atoms with Crippen LogP contribution in [0.5, 0.6) is 5.75 Å². The van der Waals surface area contributed by atoms with E-state index >= 15 is 0 Å². The van der Waals surface area contributed by atoms with Gasteiger partial charge in [0, 0.05) is 17.4 Å². The summed E-state index contributed by atoms with van der Waals surface area (Å²) in [6, 6.07) is 10.4. The number of halogens is 1. The maximum Gasteiger partial charge on any atom is 0.240 e. The Bertz CT molecular complexity index is 807. The molecule has 1 aliphatic rings. The molecule has 0 radical (unpaired) electrons. The molecule has 7 heteroatoms. The molecular formula is C16H16FNO3S2. The number of benzene rings is 2. The zero-order valence-electron chi connectivity index (χ0n) is 12.2. The van der Waals surface area contributed by atoms with Gasteiger partial charge >= 0.3 is 0 Å². The van der Waals surface area contributed by atoms with Crippen molar-refractivity contribution in [1.29, 1.82) is 0 Å². The van der Waals surface area contributed by atoms with Gasteiger partial charge in [0.25, 0.3) is 0 Å². The van der Waals surface area contributed by atoms with Gasteiger partial charge in [-0.25, -0.2) is 17.5 Å². The minimum absolute atomic E-state index is 0.0149. The summed E-state index contributed by atoms with van der Waals surface area (Å²) in [6.45, 7) is 0.779. The SMILES string of the molecule is O=S(=O)(NCC1CCOc2c(S)cccc21)c1ccc(F)cc1. The fraction of sp³-hybridized carbons (Fsp3) is 0.250. The lowest BCUT2D eigenvalue weighted by Crippen LogP contribution is -2.31. The third kappa shape index (κ3) is 3.52. The van der Waals surface area contributed by atoms with Crippen LogP contribution >= 0.6 is 12.6 Å². The summed E-state index contributed by atoms with van der Waals surface area (Å²) in [7, 11) is -3.67. The van der Waals surface area contributed by atoms with E-state index in [2.05, 4.69) is 17.4 Å². The summed E-state index contributed by atoms with van der Waals surface area (Å²) < 4.78 is 45.7. The second-order valence-electron chi connectivity index (χ2n) is 5.34. The van der Waals surface area contributed by atoms with Gasteiger partial charge in [-0.3, -0.25) is 0 Å². The summed E-state index contributed by atoms with van der Waals surface area (Å²) in [5.74, 6) is 0.262. The molecule has 0 fully saturated rings. The summed E-state index contributed by atoms with van der Waals surface area (Å²) in [5.41, 5.74) is 0.950. The van der Waals surface area contributed by atoms with Crippen LogP contribution in [0.25, 0.3) is 0 Å². The largest absolute Gasteiger partial charge is 0.492 e. The number of sulfonamides is 1. The van der Waals surface area contributed by atoms with Crippen molar-refractivity contribution in [3.8, 4) is 5.75 Å². The molecule has 1 heterocycles. The maximum absolute atomic E-state index is 12.9. The molecule has 1 atom stereocenters. The molecule has 0 saturated carbocycles. The van der Waals surface area contributed by atoms with Crippen LogP contribution in [0.1, 0.15) is 17.9 Å². The molecule has 23 heavy (non-hydrogen) atoms. The highest BCUT2D eigenvalue weighted by Crippen LogP contribution is 2.37. The molecule has 0 spiro atoms. The van der Waals surface area contributed by atoms with Crippen LogP contribution in [0.3, 0.4) is 0 Å². The van der Waals surface area contributed by atoms with Crippen LogP contribution in [-0.2, 0) is 10.0 Å². The van der Waals surface area contributed by atoms with E-state index in [0.29, 0.717) is 12.4 Å². The van der Waals surface area contributed by atoms with Gasteiger partial charge in [0.2, 0.25) is 10.0 Å². The topological polar surface area (TPSA) is 55.4 Å². The number of rotatable bonds is 4. The first kappa shape index (κ1) is 16.3. The third-order valence-electron chi connectivity index (χ3n) is 3.82. The number of fused-ring (bicyclic) bond motifs is 1. The summed E-state index contributed by atoms with van der Waals surface area (Å²) in [5, 5.41) is 0. The Kier molecular flexibility index (Phi) is 4.61. The number of ether oxygens (including phenoxy) is 1. The normalized spacial score (nSPS) is 17.4. The molecule has 0 amide bonds. The van der Waals surface area contributed by atoms with Gasteiger partial charge < -0.3 is 4.74 Å². The number of para-hydroxylation sites is 1. The lowest BCUT2D eigenvalue weighted by molar-refractivity contribution is 0.261. The van der Waals surface area contributed by atoms with Crippen molar-refractivity contribution in [2.24, 2.45) is 0 Å². The van der Waals surface area contributed by atoms with E-state index in [0.717, 1.165) is 29.0 Å². The molecule has 4 nitrogen and oxygen atoms in total. The molecule has 1 aliphatic heterocycles. The Morgan fingerprint density at radius 3 is 2.70 bits per heavy atom. The predicted octanol–water partition coefficient (Wildman–Crippen LogP) is 2.96. The van der Waals surface area contributed by atoms with Crippen LogP contribution in [0, 0.1) is 5.82 Å². The van der Waals surface area contributed by atoms with Crippen LogP contribution in [-0.4, -0.2) is 21.6 Å². The zero-order valence-corrected chi connectivity index (χ0v) is 13.9. The number of hydrogen-bond donors (Lipinski definition) is 2. The molecule has 1 unspecified atom stereocenters. The molecule has 0 aliphatic carbocycles. The van der Waals surface area contributed by atoms with E-state index in [9.17, 15) is 12.8 Å². The van der Waals surface area contributed by atoms with Crippen LogP contribution < -0.4 is 9.46 Å². The van der Waals surface area contributed by atoms with Gasteiger partial charge in [0.1, 0.15) is 11.6 Å². The van der Waals surface area contributed by atoms with Crippen LogP contribution in [0.15, 0.2) is 52.3 Å². The molecule has 0 saturated heterocycles. The highest BCUT2D eigenvalue weighted by Gasteiger charge is 2.25.